The number of carboxylic acid groups (broad SMARTS) is 1. The first-order chi connectivity index (χ1) is 8.45. The minimum atomic E-state index is -1.11. The Labute approximate surface area is 105 Å². The van der Waals surface area contributed by atoms with Crippen molar-refractivity contribution >= 4 is 17.8 Å². The summed E-state index contributed by atoms with van der Waals surface area (Å²) in [5.74, 6) is -2.76. The molecule has 3 atom stereocenters. The molecule has 3 unspecified atom stereocenters. The summed E-state index contributed by atoms with van der Waals surface area (Å²) in [5.41, 5.74) is 0. The summed E-state index contributed by atoms with van der Waals surface area (Å²) in [4.78, 5) is 36.7. The largest absolute Gasteiger partial charge is 0.480 e. The number of carbonyl (C=O) groups excluding carboxylic acids is 2. The molecule has 1 aliphatic heterocycles. The van der Waals surface area contributed by atoms with Crippen LogP contribution in [0.4, 0.5) is 0 Å². The van der Waals surface area contributed by atoms with E-state index in [9.17, 15) is 19.5 Å². The van der Waals surface area contributed by atoms with Gasteiger partial charge in [-0.3, -0.25) is 14.5 Å². The maximum absolute atomic E-state index is 12.2. The third kappa shape index (κ3) is 1.83. The molecule has 18 heavy (non-hydrogen) atoms. The first-order valence-electron chi connectivity index (χ1n) is 6.20. The molecule has 5 heteroatoms. The van der Waals surface area contributed by atoms with Gasteiger partial charge in [-0.2, -0.15) is 0 Å². The van der Waals surface area contributed by atoms with Crippen molar-refractivity contribution in [1.29, 1.82) is 0 Å². The number of likely N-dealkylation sites (tertiary alicyclic amines) is 1. The van der Waals surface area contributed by atoms with Gasteiger partial charge in [-0.15, -0.1) is 0 Å². The van der Waals surface area contributed by atoms with Gasteiger partial charge in [-0.1, -0.05) is 26.0 Å². The van der Waals surface area contributed by atoms with E-state index in [-0.39, 0.29) is 29.6 Å². The van der Waals surface area contributed by atoms with Crippen molar-refractivity contribution in [3.8, 4) is 0 Å². The van der Waals surface area contributed by atoms with E-state index in [1.54, 1.807) is 13.8 Å². The zero-order chi connectivity index (χ0) is 13.4. The van der Waals surface area contributed by atoms with Crippen LogP contribution in [0.5, 0.6) is 0 Å². The minimum Gasteiger partial charge on any atom is -0.480 e. The smallest absolute Gasteiger partial charge is 0.327 e. The highest BCUT2D eigenvalue weighted by atomic mass is 16.4. The van der Waals surface area contributed by atoms with Crippen molar-refractivity contribution in [2.45, 2.75) is 32.7 Å². The molecule has 0 bridgehead atoms. The number of rotatable bonds is 3. The highest BCUT2D eigenvalue weighted by Gasteiger charge is 2.51. The van der Waals surface area contributed by atoms with Crippen molar-refractivity contribution in [1.82, 2.24) is 4.90 Å². The molecule has 1 fully saturated rings. The average Bonchev–Trinajstić information content (AvgIpc) is 2.55. The molecule has 0 aromatic heterocycles. The third-order valence-electron chi connectivity index (χ3n) is 3.70. The Morgan fingerprint density at radius 2 is 1.67 bits per heavy atom. The molecule has 98 valence electrons. The van der Waals surface area contributed by atoms with Crippen LogP contribution in [0.1, 0.15) is 26.7 Å². The van der Waals surface area contributed by atoms with Crippen LogP contribution in [0.3, 0.4) is 0 Å². The number of imide groups is 1. The Morgan fingerprint density at radius 3 is 2.00 bits per heavy atom. The Hall–Kier alpha value is -1.65. The lowest BCUT2D eigenvalue weighted by Crippen LogP contribution is -2.48. The van der Waals surface area contributed by atoms with Crippen LogP contribution in [0.25, 0.3) is 0 Å². The summed E-state index contributed by atoms with van der Waals surface area (Å²) < 4.78 is 0. The standard InChI is InChI=1S/C13H17NO4/c1-7(2)10(13(17)18)14-11(15)8-5-3-4-6-9(8)12(14)16/h3-4,7-10H,5-6H2,1-2H3,(H,17,18). The lowest BCUT2D eigenvalue weighted by molar-refractivity contribution is -0.157. The number of fused-ring (bicyclic) bond motifs is 1. The second-order valence-electron chi connectivity index (χ2n) is 5.23. The Kier molecular flexibility index (Phi) is 3.24. The van der Waals surface area contributed by atoms with Crippen LogP contribution in [-0.4, -0.2) is 33.8 Å². The average molecular weight is 251 g/mol. The number of hydrogen-bond acceptors (Lipinski definition) is 3. The molecule has 1 saturated heterocycles. The fourth-order valence-corrected chi connectivity index (χ4v) is 2.79. The van der Waals surface area contributed by atoms with Crippen molar-refractivity contribution in [2.75, 3.05) is 0 Å². The van der Waals surface area contributed by atoms with E-state index in [1.165, 1.54) is 0 Å². The first kappa shape index (κ1) is 12.8. The highest BCUT2D eigenvalue weighted by molar-refractivity contribution is 6.08. The summed E-state index contributed by atoms with van der Waals surface area (Å²) in [5, 5.41) is 9.21. The van der Waals surface area contributed by atoms with Crippen molar-refractivity contribution < 1.29 is 19.5 Å². The van der Waals surface area contributed by atoms with Gasteiger partial charge in [-0.05, 0) is 18.8 Å². The molecule has 0 spiro atoms. The molecule has 1 aliphatic carbocycles. The first-order valence-corrected chi connectivity index (χ1v) is 6.20. The molecule has 1 N–H and O–H groups in total. The number of hydrogen-bond donors (Lipinski definition) is 1. The second-order valence-corrected chi connectivity index (χ2v) is 5.23. The molecule has 0 aromatic carbocycles. The predicted molar refractivity (Wildman–Crippen MR) is 63.5 cm³/mol. The maximum Gasteiger partial charge on any atom is 0.327 e. The van der Waals surface area contributed by atoms with Crippen molar-refractivity contribution in [3.05, 3.63) is 12.2 Å². The molecule has 2 rings (SSSR count). The van der Waals surface area contributed by atoms with Crippen molar-refractivity contribution in [3.63, 3.8) is 0 Å². The van der Waals surface area contributed by atoms with Gasteiger partial charge in [0.15, 0.2) is 0 Å². The van der Waals surface area contributed by atoms with Gasteiger partial charge in [0.2, 0.25) is 11.8 Å². The Morgan fingerprint density at radius 1 is 1.22 bits per heavy atom. The number of amides is 2. The van der Waals surface area contributed by atoms with E-state index >= 15 is 0 Å². The molecular formula is C13H17NO4. The molecule has 2 aliphatic rings. The molecular weight excluding hydrogens is 234 g/mol. The summed E-state index contributed by atoms with van der Waals surface area (Å²) in [7, 11) is 0. The number of allylic oxidation sites excluding steroid dienone is 2. The van der Waals surface area contributed by atoms with E-state index in [0.29, 0.717) is 12.8 Å². The summed E-state index contributed by atoms with van der Waals surface area (Å²) in [6.45, 7) is 3.42. The third-order valence-corrected chi connectivity index (χ3v) is 3.70. The van der Waals surface area contributed by atoms with Gasteiger partial charge < -0.3 is 5.11 Å². The van der Waals surface area contributed by atoms with E-state index in [4.69, 9.17) is 0 Å². The van der Waals surface area contributed by atoms with Crippen LogP contribution in [0, 0.1) is 17.8 Å². The fraction of sp³-hybridized carbons (Fsp3) is 0.615. The highest BCUT2D eigenvalue weighted by Crippen LogP contribution is 2.37. The van der Waals surface area contributed by atoms with Crippen molar-refractivity contribution in [2.24, 2.45) is 17.8 Å². The van der Waals surface area contributed by atoms with Crippen LogP contribution < -0.4 is 0 Å². The Balaban J connectivity index is 2.32. The molecule has 5 nitrogen and oxygen atoms in total. The number of aliphatic carboxylic acids is 1. The van der Waals surface area contributed by atoms with E-state index < -0.39 is 12.0 Å². The van der Waals surface area contributed by atoms with E-state index in [1.807, 2.05) is 12.2 Å². The van der Waals surface area contributed by atoms with E-state index in [0.717, 1.165) is 4.90 Å². The van der Waals surface area contributed by atoms with Gasteiger partial charge in [0.05, 0.1) is 11.8 Å². The van der Waals surface area contributed by atoms with Crippen LogP contribution in [0.15, 0.2) is 12.2 Å². The molecule has 2 amide bonds. The van der Waals surface area contributed by atoms with Gasteiger partial charge in [0, 0.05) is 0 Å². The lowest BCUT2D eigenvalue weighted by atomic mass is 9.85. The topological polar surface area (TPSA) is 74.7 Å². The lowest BCUT2D eigenvalue weighted by Gasteiger charge is -2.26. The number of carboxylic acids is 1. The van der Waals surface area contributed by atoms with Crippen LogP contribution in [-0.2, 0) is 14.4 Å². The Bertz CT molecular complexity index is 401. The molecule has 1 heterocycles. The zero-order valence-electron chi connectivity index (χ0n) is 10.5. The number of nitrogens with zero attached hydrogens (tertiary/aromatic N) is 1. The molecule has 0 aromatic rings. The van der Waals surface area contributed by atoms with Gasteiger partial charge >= 0.3 is 5.97 Å². The predicted octanol–water partition coefficient (Wildman–Crippen LogP) is 1.05. The van der Waals surface area contributed by atoms with Crippen LogP contribution in [0.2, 0.25) is 0 Å². The van der Waals surface area contributed by atoms with Crippen LogP contribution >= 0.6 is 0 Å². The summed E-state index contributed by atoms with van der Waals surface area (Å²) in [6.07, 6.45) is 4.86. The minimum absolute atomic E-state index is 0.288. The van der Waals surface area contributed by atoms with Gasteiger partial charge in [-0.25, -0.2) is 4.79 Å². The maximum atomic E-state index is 12.2. The summed E-state index contributed by atoms with van der Waals surface area (Å²) in [6, 6.07) is -1.05. The normalized spacial score (nSPS) is 28.7. The monoisotopic (exact) mass is 251 g/mol. The number of carbonyl (C=O) groups is 3. The quantitative estimate of drug-likeness (QED) is 0.601. The van der Waals surface area contributed by atoms with E-state index in [2.05, 4.69) is 0 Å². The van der Waals surface area contributed by atoms with Gasteiger partial charge in [0.1, 0.15) is 6.04 Å². The van der Waals surface area contributed by atoms with Gasteiger partial charge in [0.25, 0.3) is 0 Å². The molecule has 0 saturated carbocycles. The zero-order valence-corrected chi connectivity index (χ0v) is 10.5. The SMILES string of the molecule is CC(C)C(C(=O)O)N1C(=O)C2CC=CCC2C1=O. The second kappa shape index (κ2) is 4.55. The summed E-state index contributed by atoms with van der Waals surface area (Å²) >= 11 is 0. The molecule has 0 radical (unpaired) electrons. The fourth-order valence-electron chi connectivity index (χ4n) is 2.79.